The highest BCUT2D eigenvalue weighted by molar-refractivity contribution is 6.33. The molecule has 0 saturated heterocycles. The molecule has 0 fully saturated rings. The molecule has 7 heteroatoms. The molecule has 0 radical (unpaired) electrons. The fourth-order valence-corrected chi connectivity index (χ4v) is 3.43. The number of para-hydroxylation sites is 1. The lowest BCUT2D eigenvalue weighted by atomic mass is 9.94. The van der Waals surface area contributed by atoms with E-state index in [1.165, 1.54) is 18.7 Å². The summed E-state index contributed by atoms with van der Waals surface area (Å²) >= 11 is 6.09. The van der Waals surface area contributed by atoms with E-state index in [4.69, 9.17) is 20.8 Å². The lowest BCUT2D eigenvalue weighted by molar-refractivity contribution is -0.117. The maximum Gasteiger partial charge on any atom is 0.224 e. The van der Waals surface area contributed by atoms with Gasteiger partial charge in [-0.05, 0) is 30.2 Å². The highest BCUT2D eigenvalue weighted by atomic mass is 35.5. The average Bonchev–Trinajstić information content (AvgIpc) is 3.20. The molecular weight excluding hydrogens is 371 g/mol. The first-order chi connectivity index (χ1) is 13.1. The van der Waals surface area contributed by atoms with Gasteiger partial charge in [-0.1, -0.05) is 29.8 Å². The van der Waals surface area contributed by atoms with Crippen molar-refractivity contribution in [3.8, 4) is 17.1 Å². The summed E-state index contributed by atoms with van der Waals surface area (Å²) in [4.78, 5) is 16.2. The number of hydrogen-bond donors (Lipinski definition) is 1. The summed E-state index contributed by atoms with van der Waals surface area (Å²) in [6.07, 6.45) is 3.66. The van der Waals surface area contributed by atoms with Gasteiger partial charge in [-0.25, -0.2) is 9.37 Å². The smallest absolute Gasteiger partial charge is 0.224 e. The number of benzene rings is 2. The first kappa shape index (κ1) is 17.5. The van der Waals surface area contributed by atoms with E-state index in [1.807, 2.05) is 24.3 Å². The molecule has 1 aliphatic heterocycles. The van der Waals surface area contributed by atoms with Crippen molar-refractivity contribution in [2.75, 3.05) is 11.9 Å². The quantitative estimate of drug-likeness (QED) is 0.705. The minimum atomic E-state index is -0.704. The molecule has 0 aliphatic carbocycles. The molecule has 1 unspecified atom stereocenters. The molecule has 1 aromatic heterocycles. The third-order valence-corrected chi connectivity index (χ3v) is 4.85. The zero-order valence-corrected chi connectivity index (χ0v) is 15.0. The fourth-order valence-electron chi connectivity index (χ4n) is 3.17. The van der Waals surface area contributed by atoms with Gasteiger partial charge in [0.25, 0.3) is 0 Å². The maximum atomic E-state index is 14.6. The lowest BCUT2D eigenvalue weighted by Crippen LogP contribution is -2.26. The second kappa shape index (κ2) is 7.40. The zero-order valence-electron chi connectivity index (χ0n) is 14.2. The van der Waals surface area contributed by atoms with Gasteiger partial charge in [-0.15, -0.1) is 0 Å². The molecular formula is C20H16ClFN2O3. The standard InChI is InChI=1S/C20H16ClFN2O3/c21-19-14(17-9-23-11-27-17)5-6-15(20(19)22)24-18(25)8-12-7-13-3-1-2-4-16(13)26-10-12/h1-6,9,11-12H,7-8,10H2,(H,24,25). The van der Waals surface area contributed by atoms with Crippen LogP contribution in [0.3, 0.4) is 0 Å². The summed E-state index contributed by atoms with van der Waals surface area (Å²) in [6, 6.07) is 10.8. The molecule has 0 bridgehead atoms. The Hall–Kier alpha value is -2.86. The summed E-state index contributed by atoms with van der Waals surface area (Å²) < 4.78 is 25.4. The SMILES string of the molecule is O=C(CC1COc2ccccc2C1)Nc1ccc(-c2cnco2)c(Cl)c1F. The molecule has 0 saturated carbocycles. The van der Waals surface area contributed by atoms with E-state index in [2.05, 4.69) is 10.3 Å². The second-order valence-electron chi connectivity index (χ2n) is 6.40. The molecule has 1 aliphatic rings. The van der Waals surface area contributed by atoms with Crippen molar-refractivity contribution >= 4 is 23.2 Å². The molecule has 3 aromatic rings. The van der Waals surface area contributed by atoms with Crippen LogP contribution < -0.4 is 10.1 Å². The van der Waals surface area contributed by atoms with Crippen LogP contribution in [0.25, 0.3) is 11.3 Å². The number of carbonyl (C=O) groups is 1. The number of hydrogen-bond acceptors (Lipinski definition) is 4. The highest BCUT2D eigenvalue weighted by Crippen LogP contribution is 2.34. The van der Waals surface area contributed by atoms with Gasteiger partial charge in [-0.3, -0.25) is 4.79 Å². The van der Waals surface area contributed by atoms with E-state index in [0.29, 0.717) is 17.9 Å². The van der Waals surface area contributed by atoms with Crippen molar-refractivity contribution in [2.45, 2.75) is 12.8 Å². The van der Waals surface area contributed by atoms with Gasteiger partial charge < -0.3 is 14.5 Å². The van der Waals surface area contributed by atoms with Crippen LogP contribution >= 0.6 is 11.6 Å². The van der Waals surface area contributed by atoms with Gasteiger partial charge in [0.05, 0.1) is 23.5 Å². The summed E-state index contributed by atoms with van der Waals surface area (Å²) in [5.74, 6) is 0.256. The van der Waals surface area contributed by atoms with Gasteiger partial charge in [0, 0.05) is 17.9 Å². The summed E-state index contributed by atoms with van der Waals surface area (Å²) in [7, 11) is 0. The largest absolute Gasteiger partial charge is 0.493 e. The number of halogens is 2. The van der Waals surface area contributed by atoms with Crippen LogP contribution in [0.15, 0.2) is 53.4 Å². The number of carbonyl (C=O) groups excluding carboxylic acids is 1. The lowest BCUT2D eigenvalue weighted by Gasteiger charge is -2.24. The van der Waals surface area contributed by atoms with Gasteiger partial charge in [-0.2, -0.15) is 0 Å². The summed E-state index contributed by atoms with van der Waals surface area (Å²) in [5.41, 5.74) is 1.49. The Morgan fingerprint density at radius 2 is 2.15 bits per heavy atom. The van der Waals surface area contributed by atoms with Crippen LogP contribution in [0.4, 0.5) is 10.1 Å². The van der Waals surface area contributed by atoms with Crippen LogP contribution in [0.5, 0.6) is 5.75 Å². The third kappa shape index (κ3) is 3.66. The zero-order chi connectivity index (χ0) is 18.8. The third-order valence-electron chi connectivity index (χ3n) is 4.48. The topological polar surface area (TPSA) is 64.4 Å². The molecule has 138 valence electrons. The number of fused-ring (bicyclic) bond motifs is 1. The van der Waals surface area contributed by atoms with Gasteiger partial charge in [0.1, 0.15) is 5.75 Å². The van der Waals surface area contributed by atoms with Crippen LogP contribution in [0, 0.1) is 11.7 Å². The van der Waals surface area contributed by atoms with E-state index in [-0.39, 0.29) is 29.0 Å². The molecule has 27 heavy (non-hydrogen) atoms. The van der Waals surface area contributed by atoms with Crippen LogP contribution in [0.2, 0.25) is 5.02 Å². The number of aromatic nitrogens is 1. The monoisotopic (exact) mass is 386 g/mol. The van der Waals surface area contributed by atoms with Gasteiger partial charge in [0.15, 0.2) is 18.0 Å². The average molecular weight is 387 g/mol. The molecule has 1 N–H and O–H groups in total. The van der Waals surface area contributed by atoms with Crippen LogP contribution in [0.1, 0.15) is 12.0 Å². The Bertz CT molecular complexity index is 975. The Labute approximate surface area is 160 Å². The summed E-state index contributed by atoms with van der Waals surface area (Å²) in [5, 5.41) is 2.47. The second-order valence-corrected chi connectivity index (χ2v) is 6.77. The molecule has 1 amide bonds. The van der Waals surface area contributed by atoms with Crippen molar-refractivity contribution in [1.82, 2.24) is 4.98 Å². The van der Waals surface area contributed by atoms with E-state index < -0.39 is 5.82 Å². The minimum Gasteiger partial charge on any atom is -0.493 e. The summed E-state index contributed by atoms with van der Waals surface area (Å²) in [6.45, 7) is 0.456. The molecule has 0 spiro atoms. The van der Waals surface area contributed by atoms with E-state index >= 15 is 0 Å². The molecule has 2 heterocycles. The first-order valence-corrected chi connectivity index (χ1v) is 8.87. The molecule has 4 rings (SSSR count). The first-order valence-electron chi connectivity index (χ1n) is 8.49. The Kier molecular flexibility index (Phi) is 4.81. The Morgan fingerprint density at radius 1 is 1.30 bits per heavy atom. The Morgan fingerprint density at radius 3 is 2.96 bits per heavy atom. The number of ether oxygens (including phenoxy) is 1. The van der Waals surface area contributed by atoms with Crippen molar-refractivity contribution in [1.29, 1.82) is 0 Å². The van der Waals surface area contributed by atoms with Crippen molar-refractivity contribution in [2.24, 2.45) is 5.92 Å². The maximum absolute atomic E-state index is 14.6. The van der Waals surface area contributed by atoms with Crippen molar-refractivity contribution in [3.63, 3.8) is 0 Å². The van der Waals surface area contributed by atoms with E-state index in [9.17, 15) is 9.18 Å². The van der Waals surface area contributed by atoms with E-state index in [1.54, 1.807) is 6.07 Å². The number of nitrogens with zero attached hydrogens (tertiary/aromatic N) is 1. The number of oxazole rings is 1. The van der Waals surface area contributed by atoms with E-state index in [0.717, 1.165) is 17.7 Å². The van der Waals surface area contributed by atoms with Crippen molar-refractivity contribution < 1.29 is 18.3 Å². The number of anilines is 1. The van der Waals surface area contributed by atoms with Gasteiger partial charge in [0.2, 0.25) is 5.91 Å². The predicted octanol–water partition coefficient (Wildman–Crippen LogP) is 4.71. The van der Waals surface area contributed by atoms with Crippen LogP contribution in [-0.4, -0.2) is 17.5 Å². The Balaban J connectivity index is 1.44. The molecule has 5 nitrogen and oxygen atoms in total. The number of amides is 1. The normalized spacial score (nSPS) is 15.7. The minimum absolute atomic E-state index is 0.0328. The predicted molar refractivity (Wildman–Crippen MR) is 99.3 cm³/mol. The van der Waals surface area contributed by atoms with Gasteiger partial charge >= 0.3 is 0 Å². The number of nitrogens with one attached hydrogen (secondary N) is 1. The highest BCUT2D eigenvalue weighted by Gasteiger charge is 2.23. The van der Waals surface area contributed by atoms with Crippen molar-refractivity contribution in [3.05, 3.63) is 65.4 Å². The fraction of sp³-hybridized carbons (Fsp3) is 0.200. The molecule has 2 aromatic carbocycles. The van der Waals surface area contributed by atoms with Crippen LogP contribution in [-0.2, 0) is 11.2 Å². The molecule has 1 atom stereocenters. The number of rotatable bonds is 4.